The van der Waals surface area contributed by atoms with Crippen LogP contribution in [0.3, 0.4) is 0 Å². The summed E-state index contributed by atoms with van der Waals surface area (Å²) in [5.74, 6) is -1.93. The number of nitrogens with one attached hydrogen (secondary N) is 3. The van der Waals surface area contributed by atoms with Crippen LogP contribution in [0.1, 0.15) is 15.9 Å². The molecule has 4 aromatic rings. The highest BCUT2D eigenvalue weighted by Gasteiger charge is 2.16. The first-order chi connectivity index (χ1) is 19.3. The molecular weight excluding hydrogens is 572 g/mol. The van der Waals surface area contributed by atoms with E-state index in [1.165, 1.54) is 36.0 Å². The minimum atomic E-state index is -0.650. The average Bonchev–Trinajstić information content (AvgIpc) is 2.96. The van der Waals surface area contributed by atoms with E-state index in [1.807, 2.05) is 0 Å². The van der Waals surface area contributed by atoms with Gasteiger partial charge in [0.1, 0.15) is 11.5 Å². The van der Waals surface area contributed by atoms with Gasteiger partial charge in [-0.2, -0.15) is 0 Å². The van der Waals surface area contributed by atoms with Crippen LogP contribution >= 0.6 is 35.0 Å². The number of rotatable bonds is 9. The van der Waals surface area contributed by atoms with E-state index < -0.39 is 17.6 Å². The van der Waals surface area contributed by atoms with Crippen molar-refractivity contribution in [2.75, 3.05) is 16.4 Å². The monoisotopic (exact) mass is 593 g/mol. The maximum Gasteiger partial charge on any atom is 0.272 e. The third kappa shape index (κ3) is 7.95. The molecule has 40 heavy (non-hydrogen) atoms. The highest BCUT2D eigenvalue weighted by molar-refractivity contribution is 8.00. The molecule has 4 rings (SSSR count). The molecule has 10 heteroatoms. The zero-order valence-corrected chi connectivity index (χ0v) is 23.1. The second kappa shape index (κ2) is 13.8. The molecule has 0 aliphatic rings. The number of hydrogen-bond acceptors (Lipinski definition) is 4. The molecule has 0 saturated heterocycles. The van der Waals surface area contributed by atoms with Gasteiger partial charge in [0.2, 0.25) is 5.91 Å². The lowest BCUT2D eigenvalue weighted by Gasteiger charge is -2.12. The van der Waals surface area contributed by atoms with Crippen molar-refractivity contribution >= 4 is 70.1 Å². The van der Waals surface area contributed by atoms with Gasteiger partial charge in [0.05, 0.1) is 21.5 Å². The van der Waals surface area contributed by atoms with Crippen LogP contribution in [0.4, 0.5) is 15.8 Å². The molecule has 0 heterocycles. The predicted molar refractivity (Wildman–Crippen MR) is 159 cm³/mol. The third-order valence-electron chi connectivity index (χ3n) is 5.42. The first-order valence-electron chi connectivity index (χ1n) is 11.9. The van der Waals surface area contributed by atoms with Crippen molar-refractivity contribution in [1.29, 1.82) is 0 Å². The Balaban J connectivity index is 1.46. The van der Waals surface area contributed by atoms with Gasteiger partial charge in [0.25, 0.3) is 11.8 Å². The Labute approximate surface area is 244 Å². The summed E-state index contributed by atoms with van der Waals surface area (Å²) in [6, 6.07) is 26.1. The fourth-order valence-corrected chi connectivity index (χ4v) is 4.59. The Kier molecular flexibility index (Phi) is 9.96. The lowest BCUT2D eigenvalue weighted by atomic mass is 10.1. The maximum atomic E-state index is 14.3. The van der Waals surface area contributed by atoms with Crippen LogP contribution in [0, 0.1) is 5.82 Å². The topological polar surface area (TPSA) is 87.3 Å². The lowest BCUT2D eigenvalue weighted by Crippen LogP contribution is -2.30. The van der Waals surface area contributed by atoms with Gasteiger partial charge in [-0.25, -0.2) is 4.39 Å². The fraction of sp³-hybridized carbons (Fsp3) is 0.0333. The van der Waals surface area contributed by atoms with Gasteiger partial charge in [0.15, 0.2) is 0 Å². The zero-order chi connectivity index (χ0) is 28.5. The molecule has 0 spiro atoms. The molecule has 0 fully saturated rings. The van der Waals surface area contributed by atoms with Gasteiger partial charge >= 0.3 is 0 Å². The normalized spacial score (nSPS) is 11.0. The van der Waals surface area contributed by atoms with Crippen LogP contribution in [0.5, 0.6) is 0 Å². The van der Waals surface area contributed by atoms with E-state index in [2.05, 4.69) is 16.0 Å². The number of benzene rings is 4. The molecule has 0 atom stereocenters. The van der Waals surface area contributed by atoms with Crippen molar-refractivity contribution < 1.29 is 18.8 Å². The number of anilines is 2. The van der Waals surface area contributed by atoms with Crippen molar-refractivity contribution in [2.45, 2.75) is 4.90 Å². The first-order valence-corrected chi connectivity index (χ1v) is 13.6. The summed E-state index contributed by atoms with van der Waals surface area (Å²) in [4.78, 5) is 39.1. The smallest absolute Gasteiger partial charge is 0.272 e. The van der Waals surface area contributed by atoms with E-state index in [4.69, 9.17) is 23.2 Å². The molecule has 3 amide bonds. The minimum absolute atomic E-state index is 0.0752. The Morgan fingerprint density at radius 1 is 0.825 bits per heavy atom. The largest absolute Gasteiger partial charge is 0.324 e. The summed E-state index contributed by atoms with van der Waals surface area (Å²) in [5, 5.41) is 8.62. The fourth-order valence-electron chi connectivity index (χ4n) is 3.49. The highest BCUT2D eigenvalue weighted by Crippen LogP contribution is 2.30. The molecule has 0 unspecified atom stereocenters. The lowest BCUT2D eigenvalue weighted by molar-refractivity contribution is -0.114. The standard InChI is InChI=1S/C30H22Cl2FN3O3S/c31-23-13-7-15-25(28(23)32)35-27(37)18-40-22-12-6-11-21(17-22)34-30(39)26(16-20-10-4-5-14-24(20)33)36-29(38)19-8-2-1-3-9-19/h1-17H,18H2,(H,34,39)(H,35,37)(H,36,38)/b26-16-. The molecule has 0 aromatic heterocycles. The molecule has 202 valence electrons. The molecule has 3 N–H and O–H groups in total. The Bertz CT molecular complexity index is 1580. The Hall–Kier alpha value is -4.11. The van der Waals surface area contributed by atoms with Gasteiger partial charge in [-0.15, -0.1) is 11.8 Å². The summed E-state index contributed by atoms with van der Waals surface area (Å²) in [7, 11) is 0. The molecular formula is C30H22Cl2FN3O3S. The number of amides is 3. The number of thioether (sulfide) groups is 1. The molecule has 0 radical (unpaired) electrons. The SMILES string of the molecule is O=C(CSc1cccc(NC(=O)/C(=C/c2ccccc2F)NC(=O)c2ccccc2)c1)Nc1cccc(Cl)c1Cl. The molecule has 0 saturated carbocycles. The van der Waals surface area contributed by atoms with E-state index in [9.17, 15) is 18.8 Å². The van der Waals surface area contributed by atoms with Gasteiger partial charge in [-0.3, -0.25) is 14.4 Å². The summed E-state index contributed by atoms with van der Waals surface area (Å²) < 4.78 is 14.3. The number of carbonyl (C=O) groups is 3. The van der Waals surface area contributed by atoms with Gasteiger partial charge < -0.3 is 16.0 Å². The van der Waals surface area contributed by atoms with E-state index >= 15 is 0 Å². The van der Waals surface area contributed by atoms with E-state index in [1.54, 1.807) is 78.9 Å². The van der Waals surface area contributed by atoms with Crippen molar-refractivity contribution in [3.63, 3.8) is 0 Å². The van der Waals surface area contributed by atoms with Crippen LogP contribution < -0.4 is 16.0 Å². The van der Waals surface area contributed by atoms with Gasteiger partial charge in [-0.05, 0) is 54.6 Å². The first kappa shape index (κ1) is 28.9. The predicted octanol–water partition coefficient (Wildman–Crippen LogP) is 7.27. The summed E-state index contributed by atoms with van der Waals surface area (Å²) in [6.07, 6.45) is 1.27. The van der Waals surface area contributed by atoms with Crippen molar-refractivity contribution in [2.24, 2.45) is 0 Å². The Morgan fingerprint density at radius 3 is 2.33 bits per heavy atom. The summed E-state index contributed by atoms with van der Waals surface area (Å²) >= 11 is 13.4. The van der Waals surface area contributed by atoms with Gasteiger partial charge in [0, 0.05) is 21.7 Å². The Morgan fingerprint density at radius 2 is 1.55 bits per heavy atom. The number of hydrogen-bond donors (Lipinski definition) is 3. The third-order valence-corrected chi connectivity index (χ3v) is 7.23. The summed E-state index contributed by atoms with van der Waals surface area (Å²) in [5.41, 5.74) is 1.16. The second-order valence-corrected chi connectivity index (χ2v) is 10.2. The van der Waals surface area contributed by atoms with E-state index in [0.717, 1.165) is 0 Å². The molecule has 0 aliphatic heterocycles. The molecule has 4 aromatic carbocycles. The highest BCUT2D eigenvalue weighted by atomic mass is 35.5. The minimum Gasteiger partial charge on any atom is -0.324 e. The number of carbonyl (C=O) groups excluding carboxylic acids is 3. The molecule has 6 nitrogen and oxygen atoms in total. The van der Waals surface area contributed by atoms with Crippen LogP contribution in [-0.2, 0) is 9.59 Å². The van der Waals surface area contributed by atoms with Crippen LogP contribution in [0.2, 0.25) is 10.0 Å². The van der Waals surface area contributed by atoms with Crippen molar-refractivity contribution in [3.8, 4) is 0 Å². The molecule has 0 bridgehead atoms. The van der Waals surface area contributed by atoms with Crippen LogP contribution in [-0.4, -0.2) is 23.5 Å². The average molecular weight is 594 g/mol. The van der Waals surface area contributed by atoms with Crippen LogP contribution in [0.15, 0.2) is 108 Å². The van der Waals surface area contributed by atoms with Crippen LogP contribution in [0.25, 0.3) is 6.08 Å². The maximum absolute atomic E-state index is 14.3. The van der Waals surface area contributed by atoms with Gasteiger partial charge in [-0.1, -0.05) is 71.7 Å². The second-order valence-electron chi connectivity index (χ2n) is 8.32. The van der Waals surface area contributed by atoms with Crippen molar-refractivity contribution in [1.82, 2.24) is 5.32 Å². The zero-order valence-electron chi connectivity index (χ0n) is 20.8. The summed E-state index contributed by atoms with van der Waals surface area (Å²) in [6.45, 7) is 0. The quantitative estimate of drug-likeness (QED) is 0.141. The van der Waals surface area contributed by atoms with E-state index in [-0.39, 0.29) is 27.9 Å². The number of halogens is 3. The van der Waals surface area contributed by atoms with Crippen molar-refractivity contribution in [3.05, 3.63) is 130 Å². The molecule has 0 aliphatic carbocycles. The van der Waals surface area contributed by atoms with E-state index in [0.29, 0.717) is 26.9 Å².